The number of ketones is 1. The van der Waals surface area contributed by atoms with Gasteiger partial charge < -0.3 is 0 Å². The summed E-state index contributed by atoms with van der Waals surface area (Å²) < 4.78 is 65.1. The minimum absolute atomic E-state index is 0.247. The molecule has 29 heavy (non-hydrogen) atoms. The van der Waals surface area contributed by atoms with E-state index in [0.717, 1.165) is 12.1 Å². The molecule has 0 atom stereocenters. The van der Waals surface area contributed by atoms with Gasteiger partial charge in [0.15, 0.2) is 0 Å². The monoisotopic (exact) mass is 414 g/mol. The van der Waals surface area contributed by atoms with Gasteiger partial charge in [0.1, 0.15) is 4.91 Å². The number of carbonyl (C=O) groups excluding carboxylic acids is 1. The van der Waals surface area contributed by atoms with Crippen LogP contribution >= 0.6 is 0 Å². The number of rotatable bonds is 3. The van der Waals surface area contributed by atoms with E-state index >= 15 is 0 Å². The summed E-state index contributed by atoms with van der Waals surface area (Å²) in [7, 11) is -4.35. The number of carbonyl (C=O) groups is 1. The minimum atomic E-state index is -4.59. The van der Waals surface area contributed by atoms with E-state index in [0.29, 0.717) is 23.3 Å². The van der Waals surface area contributed by atoms with Gasteiger partial charge in [-0.15, -0.1) is 0 Å². The Morgan fingerprint density at radius 3 is 1.83 bits per heavy atom. The molecule has 0 saturated carbocycles. The summed E-state index contributed by atoms with van der Waals surface area (Å²) in [6.45, 7) is 0. The summed E-state index contributed by atoms with van der Waals surface area (Å²) in [6, 6.07) is 18.2. The number of halogens is 3. The molecule has 0 heterocycles. The van der Waals surface area contributed by atoms with Gasteiger partial charge in [-0.25, -0.2) is 8.42 Å². The molecule has 3 aromatic rings. The molecular weight excluding hydrogens is 401 g/mol. The lowest BCUT2D eigenvalue weighted by Crippen LogP contribution is -2.13. The molecule has 1 aliphatic rings. The summed E-state index contributed by atoms with van der Waals surface area (Å²) in [6.07, 6.45) is -4.59. The van der Waals surface area contributed by atoms with Crippen molar-refractivity contribution in [1.82, 2.24) is 0 Å². The summed E-state index contributed by atoms with van der Waals surface area (Å²) in [4.78, 5) is 12.2. The standard InChI is InChI=1S/C22H13F3O3S/c23-22(24,25)15-10-12-16(13-11-15)29(27,28)21-19(14-6-2-1-3-7-14)17-8-4-5-9-18(17)20(21)26/h1-13H. The number of Topliss-reactive ketones (excluding diaryl/α,β-unsaturated/α-hetero) is 1. The van der Waals surface area contributed by atoms with Gasteiger partial charge in [-0.1, -0.05) is 54.6 Å². The Labute approximate surface area is 165 Å². The molecule has 0 spiro atoms. The van der Waals surface area contributed by atoms with Gasteiger partial charge in [0.05, 0.1) is 10.5 Å². The largest absolute Gasteiger partial charge is 0.416 e. The summed E-state index contributed by atoms with van der Waals surface area (Å²) in [5, 5.41) is 0. The highest BCUT2D eigenvalue weighted by Gasteiger charge is 2.39. The number of alkyl halides is 3. The lowest BCUT2D eigenvalue weighted by molar-refractivity contribution is -0.137. The zero-order chi connectivity index (χ0) is 20.8. The van der Waals surface area contributed by atoms with Crippen LogP contribution in [0.1, 0.15) is 27.0 Å². The predicted octanol–water partition coefficient (Wildman–Crippen LogP) is 5.14. The van der Waals surface area contributed by atoms with Crippen LogP contribution in [0.4, 0.5) is 13.2 Å². The van der Waals surface area contributed by atoms with Crippen LogP contribution < -0.4 is 0 Å². The number of sulfone groups is 1. The van der Waals surface area contributed by atoms with Crippen LogP contribution in [-0.4, -0.2) is 14.2 Å². The van der Waals surface area contributed by atoms with Crippen molar-refractivity contribution in [3.63, 3.8) is 0 Å². The van der Waals surface area contributed by atoms with E-state index in [1.54, 1.807) is 48.5 Å². The van der Waals surface area contributed by atoms with Gasteiger partial charge >= 0.3 is 6.18 Å². The molecule has 3 aromatic carbocycles. The van der Waals surface area contributed by atoms with Gasteiger partial charge in [0, 0.05) is 11.1 Å². The quantitative estimate of drug-likeness (QED) is 0.597. The van der Waals surface area contributed by atoms with E-state index in [1.807, 2.05) is 0 Å². The van der Waals surface area contributed by atoms with Crippen LogP contribution in [-0.2, 0) is 16.0 Å². The molecule has 0 amide bonds. The molecule has 4 rings (SSSR count). The molecule has 0 bridgehead atoms. The molecule has 0 aromatic heterocycles. The van der Waals surface area contributed by atoms with Gasteiger partial charge in [0.25, 0.3) is 0 Å². The van der Waals surface area contributed by atoms with E-state index in [2.05, 4.69) is 0 Å². The average molecular weight is 414 g/mol. The van der Waals surface area contributed by atoms with Crippen molar-refractivity contribution in [2.75, 3.05) is 0 Å². The molecule has 0 aliphatic heterocycles. The van der Waals surface area contributed by atoms with E-state index in [-0.39, 0.29) is 16.0 Å². The fraction of sp³-hybridized carbons (Fsp3) is 0.0455. The number of fused-ring (bicyclic) bond motifs is 1. The summed E-state index contributed by atoms with van der Waals surface area (Å²) in [5.74, 6) is -0.667. The Balaban J connectivity index is 1.94. The Morgan fingerprint density at radius 2 is 1.24 bits per heavy atom. The molecule has 0 fully saturated rings. The number of benzene rings is 3. The van der Waals surface area contributed by atoms with Crippen molar-refractivity contribution in [2.45, 2.75) is 11.1 Å². The second-order valence-corrected chi connectivity index (χ2v) is 8.36. The van der Waals surface area contributed by atoms with E-state index in [1.165, 1.54) is 6.07 Å². The van der Waals surface area contributed by atoms with Crippen molar-refractivity contribution in [3.05, 3.63) is 106 Å². The molecular formula is C22H13F3O3S. The molecule has 0 N–H and O–H groups in total. The molecule has 0 unspecified atom stereocenters. The van der Waals surface area contributed by atoms with E-state index in [9.17, 15) is 26.4 Å². The van der Waals surface area contributed by atoms with Gasteiger partial charge in [0.2, 0.25) is 15.6 Å². The number of allylic oxidation sites excluding steroid dienone is 1. The first-order valence-corrected chi connectivity index (χ1v) is 10.1. The zero-order valence-corrected chi connectivity index (χ0v) is 15.6. The third-order valence-electron chi connectivity index (χ3n) is 4.70. The minimum Gasteiger partial charge on any atom is -0.288 e. The first-order valence-electron chi connectivity index (χ1n) is 8.57. The maximum atomic E-state index is 13.3. The van der Waals surface area contributed by atoms with Gasteiger partial charge in [-0.05, 0) is 35.4 Å². The SMILES string of the molecule is O=C1C(S(=O)(=O)c2ccc(C(F)(F)F)cc2)=C(c2ccccc2)c2ccccc21. The molecule has 1 aliphatic carbocycles. The second kappa shape index (κ2) is 6.70. The van der Waals surface area contributed by atoms with Gasteiger partial charge in [-0.3, -0.25) is 4.79 Å². The Morgan fingerprint density at radius 1 is 0.690 bits per heavy atom. The number of hydrogen-bond acceptors (Lipinski definition) is 3. The molecule has 0 radical (unpaired) electrons. The summed E-state index contributed by atoms with van der Waals surface area (Å²) in [5.41, 5.74) is 0.558. The first-order chi connectivity index (χ1) is 13.7. The highest BCUT2D eigenvalue weighted by atomic mass is 32.2. The van der Waals surface area contributed by atoms with Crippen LogP contribution in [0.2, 0.25) is 0 Å². The van der Waals surface area contributed by atoms with Crippen molar-refractivity contribution < 1.29 is 26.4 Å². The average Bonchev–Trinajstić information content (AvgIpc) is 3.02. The van der Waals surface area contributed by atoms with Crippen molar-refractivity contribution in [3.8, 4) is 0 Å². The van der Waals surface area contributed by atoms with Gasteiger partial charge in [-0.2, -0.15) is 13.2 Å². The Kier molecular flexibility index (Phi) is 4.42. The van der Waals surface area contributed by atoms with E-state index in [4.69, 9.17) is 0 Å². The van der Waals surface area contributed by atoms with Crippen LogP contribution in [0.25, 0.3) is 5.57 Å². The molecule has 7 heteroatoms. The first kappa shape index (κ1) is 19.1. The lowest BCUT2D eigenvalue weighted by Gasteiger charge is -2.11. The predicted molar refractivity (Wildman–Crippen MR) is 102 cm³/mol. The molecule has 0 saturated heterocycles. The maximum absolute atomic E-state index is 13.3. The Bertz CT molecular complexity index is 1240. The molecule has 3 nitrogen and oxygen atoms in total. The van der Waals surface area contributed by atoms with Crippen molar-refractivity contribution in [1.29, 1.82) is 0 Å². The second-order valence-electron chi connectivity index (χ2n) is 6.47. The van der Waals surface area contributed by atoms with Crippen molar-refractivity contribution >= 4 is 21.2 Å². The highest BCUT2D eigenvalue weighted by Crippen LogP contribution is 2.42. The Hall–Kier alpha value is -3.19. The van der Waals surface area contributed by atoms with Crippen LogP contribution in [0, 0.1) is 0 Å². The zero-order valence-electron chi connectivity index (χ0n) is 14.8. The fourth-order valence-electron chi connectivity index (χ4n) is 3.35. The highest BCUT2D eigenvalue weighted by molar-refractivity contribution is 7.96. The lowest BCUT2D eigenvalue weighted by atomic mass is 9.99. The summed E-state index contributed by atoms with van der Waals surface area (Å²) >= 11 is 0. The normalized spacial score (nSPS) is 14.2. The van der Waals surface area contributed by atoms with Crippen LogP contribution in [0.3, 0.4) is 0 Å². The fourth-order valence-corrected chi connectivity index (χ4v) is 4.93. The van der Waals surface area contributed by atoms with Crippen LogP contribution in [0.5, 0.6) is 0 Å². The number of hydrogen-bond donors (Lipinski definition) is 0. The third kappa shape index (κ3) is 3.17. The third-order valence-corrected chi connectivity index (χ3v) is 6.52. The van der Waals surface area contributed by atoms with Crippen molar-refractivity contribution in [2.24, 2.45) is 0 Å². The maximum Gasteiger partial charge on any atom is 0.416 e. The molecule has 146 valence electrons. The smallest absolute Gasteiger partial charge is 0.288 e. The van der Waals surface area contributed by atoms with E-state index < -0.39 is 32.3 Å². The van der Waals surface area contributed by atoms with Crippen LogP contribution in [0.15, 0.2) is 88.7 Å². The topological polar surface area (TPSA) is 51.2 Å².